The SMILES string of the molecule is CCOc1ccccc1OCc1ccc(-c2nc(C)c(C(=O)O)s2)cc1. The van der Waals surface area contributed by atoms with Gasteiger partial charge in [0, 0.05) is 5.56 Å². The van der Waals surface area contributed by atoms with E-state index < -0.39 is 5.97 Å². The third-order valence-corrected chi connectivity index (χ3v) is 4.93. The Kier molecular flexibility index (Phi) is 5.53. The van der Waals surface area contributed by atoms with Gasteiger partial charge in [-0.25, -0.2) is 9.78 Å². The Bertz CT molecular complexity index is 902. The topological polar surface area (TPSA) is 68.7 Å². The molecule has 0 amide bonds. The first-order valence-corrected chi connectivity index (χ1v) is 9.04. The van der Waals surface area contributed by atoms with E-state index in [-0.39, 0.29) is 4.88 Å². The van der Waals surface area contributed by atoms with Crippen LogP contribution in [0.5, 0.6) is 11.5 Å². The lowest BCUT2D eigenvalue weighted by Crippen LogP contribution is -1.99. The highest BCUT2D eigenvalue weighted by molar-refractivity contribution is 7.17. The second kappa shape index (κ2) is 8.01. The molecule has 0 atom stereocenters. The molecule has 0 bridgehead atoms. The van der Waals surface area contributed by atoms with Crippen molar-refractivity contribution in [1.82, 2.24) is 4.98 Å². The smallest absolute Gasteiger partial charge is 0.347 e. The van der Waals surface area contributed by atoms with Crippen LogP contribution in [0.25, 0.3) is 10.6 Å². The summed E-state index contributed by atoms with van der Waals surface area (Å²) in [4.78, 5) is 15.8. The van der Waals surface area contributed by atoms with Crippen LogP contribution < -0.4 is 9.47 Å². The minimum Gasteiger partial charge on any atom is -0.490 e. The Morgan fingerprint density at radius 1 is 1.08 bits per heavy atom. The summed E-state index contributed by atoms with van der Waals surface area (Å²) in [5, 5.41) is 9.86. The standard InChI is InChI=1S/C20H19NO4S/c1-3-24-16-6-4-5-7-17(16)25-12-14-8-10-15(11-9-14)19-21-13(2)18(26-19)20(22)23/h4-11H,3,12H2,1-2H3,(H,22,23). The number of carbonyl (C=O) groups is 1. The number of hydrogen-bond donors (Lipinski definition) is 1. The maximum atomic E-state index is 11.2. The van der Waals surface area contributed by atoms with Gasteiger partial charge in [0.25, 0.3) is 0 Å². The Morgan fingerprint density at radius 3 is 2.31 bits per heavy atom. The van der Waals surface area contributed by atoms with Crippen molar-refractivity contribution in [2.24, 2.45) is 0 Å². The first-order valence-electron chi connectivity index (χ1n) is 8.23. The summed E-state index contributed by atoms with van der Waals surface area (Å²) >= 11 is 1.19. The molecule has 0 unspecified atom stereocenters. The summed E-state index contributed by atoms with van der Waals surface area (Å²) in [7, 11) is 0. The number of aromatic nitrogens is 1. The molecule has 1 heterocycles. The number of nitrogens with zero attached hydrogens (tertiary/aromatic N) is 1. The molecule has 0 radical (unpaired) electrons. The Morgan fingerprint density at radius 2 is 1.73 bits per heavy atom. The molecule has 0 saturated carbocycles. The van der Waals surface area contributed by atoms with E-state index in [2.05, 4.69) is 4.98 Å². The minimum atomic E-state index is -0.941. The van der Waals surface area contributed by atoms with Gasteiger partial charge in [0.05, 0.1) is 12.3 Å². The molecule has 0 aliphatic rings. The number of carboxylic acids is 1. The highest BCUT2D eigenvalue weighted by Gasteiger charge is 2.15. The lowest BCUT2D eigenvalue weighted by atomic mass is 10.1. The second-order valence-electron chi connectivity index (χ2n) is 5.60. The monoisotopic (exact) mass is 369 g/mol. The van der Waals surface area contributed by atoms with Gasteiger partial charge in [-0.2, -0.15) is 0 Å². The highest BCUT2D eigenvalue weighted by Crippen LogP contribution is 2.29. The van der Waals surface area contributed by atoms with Crippen LogP contribution in [0.3, 0.4) is 0 Å². The fraction of sp³-hybridized carbons (Fsp3) is 0.200. The van der Waals surface area contributed by atoms with E-state index in [4.69, 9.17) is 14.6 Å². The lowest BCUT2D eigenvalue weighted by Gasteiger charge is -2.11. The van der Waals surface area contributed by atoms with E-state index in [0.29, 0.717) is 29.7 Å². The van der Waals surface area contributed by atoms with Crippen LogP contribution in [-0.2, 0) is 6.61 Å². The zero-order valence-electron chi connectivity index (χ0n) is 14.6. The normalized spacial score (nSPS) is 10.5. The molecule has 3 rings (SSSR count). The minimum absolute atomic E-state index is 0.278. The molecular formula is C20H19NO4S. The lowest BCUT2D eigenvalue weighted by molar-refractivity contribution is 0.0701. The van der Waals surface area contributed by atoms with Gasteiger partial charge in [-0.05, 0) is 31.5 Å². The average Bonchev–Trinajstić information content (AvgIpc) is 3.04. The number of carboxylic acid groups (broad SMARTS) is 1. The molecule has 0 saturated heterocycles. The number of para-hydroxylation sites is 2. The van der Waals surface area contributed by atoms with E-state index in [1.165, 1.54) is 11.3 Å². The van der Waals surface area contributed by atoms with Crippen LogP contribution in [0.1, 0.15) is 27.9 Å². The summed E-state index contributed by atoms with van der Waals surface area (Å²) in [6, 6.07) is 15.3. The van der Waals surface area contributed by atoms with Crippen LogP contribution in [0.15, 0.2) is 48.5 Å². The Hall–Kier alpha value is -2.86. The molecule has 0 spiro atoms. The van der Waals surface area contributed by atoms with E-state index in [9.17, 15) is 4.79 Å². The molecule has 0 aliphatic heterocycles. The largest absolute Gasteiger partial charge is 0.490 e. The van der Waals surface area contributed by atoms with Crippen LogP contribution in [-0.4, -0.2) is 22.7 Å². The van der Waals surface area contributed by atoms with Gasteiger partial charge >= 0.3 is 5.97 Å². The van der Waals surface area contributed by atoms with Crippen molar-refractivity contribution in [1.29, 1.82) is 0 Å². The van der Waals surface area contributed by atoms with Crippen LogP contribution >= 0.6 is 11.3 Å². The van der Waals surface area contributed by atoms with Crippen molar-refractivity contribution in [3.8, 4) is 22.1 Å². The molecule has 0 fully saturated rings. The highest BCUT2D eigenvalue weighted by atomic mass is 32.1. The van der Waals surface area contributed by atoms with Crippen molar-refractivity contribution in [3.63, 3.8) is 0 Å². The zero-order chi connectivity index (χ0) is 18.5. The van der Waals surface area contributed by atoms with Crippen LogP contribution in [0.4, 0.5) is 0 Å². The molecule has 6 heteroatoms. The summed E-state index contributed by atoms with van der Waals surface area (Å²) < 4.78 is 11.4. The van der Waals surface area contributed by atoms with Crippen molar-refractivity contribution < 1.29 is 19.4 Å². The van der Waals surface area contributed by atoms with Crippen LogP contribution in [0, 0.1) is 6.92 Å². The van der Waals surface area contributed by atoms with Gasteiger partial charge in [-0.15, -0.1) is 11.3 Å². The number of rotatable bonds is 7. The number of aryl methyl sites for hydroxylation is 1. The predicted molar refractivity (Wildman–Crippen MR) is 101 cm³/mol. The molecule has 0 aliphatic carbocycles. The zero-order valence-corrected chi connectivity index (χ0v) is 15.4. The molecule has 26 heavy (non-hydrogen) atoms. The van der Waals surface area contributed by atoms with E-state index >= 15 is 0 Å². The Balaban J connectivity index is 1.70. The molecular weight excluding hydrogens is 350 g/mol. The summed E-state index contributed by atoms with van der Waals surface area (Å²) in [5.74, 6) is 0.496. The number of ether oxygens (including phenoxy) is 2. The molecule has 1 aromatic heterocycles. The number of hydrogen-bond acceptors (Lipinski definition) is 5. The van der Waals surface area contributed by atoms with Gasteiger partial charge in [-0.3, -0.25) is 0 Å². The maximum absolute atomic E-state index is 11.2. The van der Waals surface area contributed by atoms with Gasteiger partial charge in [0.2, 0.25) is 0 Å². The van der Waals surface area contributed by atoms with E-state index in [1.54, 1.807) is 6.92 Å². The quantitative estimate of drug-likeness (QED) is 0.648. The van der Waals surface area contributed by atoms with Crippen molar-refractivity contribution in [3.05, 3.63) is 64.7 Å². The fourth-order valence-electron chi connectivity index (χ4n) is 2.47. The Labute approximate surface area is 155 Å². The molecule has 1 N–H and O–H groups in total. The second-order valence-corrected chi connectivity index (χ2v) is 6.60. The summed E-state index contributed by atoms with van der Waals surface area (Å²) in [5.41, 5.74) is 2.44. The van der Waals surface area contributed by atoms with Crippen LogP contribution in [0.2, 0.25) is 0 Å². The molecule has 5 nitrogen and oxygen atoms in total. The first kappa shape index (κ1) is 17.9. The average molecular weight is 369 g/mol. The maximum Gasteiger partial charge on any atom is 0.347 e. The van der Waals surface area contributed by atoms with Gasteiger partial charge in [0.1, 0.15) is 16.5 Å². The third-order valence-electron chi connectivity index (χ3n) is 3.74. The molecule has 3 aromatic rings. The first-order chi connectivity index (χ1) is 12.6. The third kappa shape index (κ3) is 4.03. The number of benzene rings is 2. The van der Waals surface area contributed by atoms with Crippen molar-refractivity contribution in [2.75, 3.05) is 6.61 Å². The molecule has 134 valence electrons. The van der Waals surface area contributed by atoms with Crippen molar-refractivity contribution in [2.45, 2.75) is 20.5 Å². The van der Waals surface area contributed by atoms with Gasteiger partial charge < -0.3 is 14.6 Å². The van der Waals surface area contributed by atoms with Gasteiger partial charge in [0.15, 0.2) is 11.5 Å². The number of aromatic carboxylic acids is 1. The van der Waals surface area contributed by atoms with Gasteiger partial charge in [-0.1, -0.05) is 36.4 Å². The van der Waals surface area contributed by atoms with Crippen molar-refractivity contribution >= 4 is 17.3 Å². The number of thiazole rings is 1. The molecule has 2 aromatic carbocycles. The summed E-state index contributed by atoms with van der Waals surface area (Å²) in [6.07, 6.45) is 0. The summed E-state index contributed by atoms with van der Waals surface area (Å²) in [6.45, 7) is 4.65. The van der Waals surface area contributed by atoms with E-state index in [0.717, 1.165) is 16.9 Å². The van der Waals surface area contributed by atoms with E-state index in [1.807, 2.05) is 55.5 Å². The predicted octanol–water partition coefficient (Wildman–Crippen LogP) is 4.79. The fourth-order valence-corrected chi connectivity index (χ4v) is 3.38.